The molecule has 0 radical (unpaired) electrons. The molecule has 2 heterocycles. The van der Waals surface area contributed by atoms with Gasteiger partial charge in [0.25, 0.3) is 0 Å². The molecule has 3 aromatic rings. The van der Waals surface area contributed by atoms with E-state index in [9.17, 15) is 22.8 Å². The summed E-state index contributed by atoms with van der Waals surface area (Å²) < 4.78 is 43.1. The molecule has 25 heavy (non-hydrogen) atoms. The molecule has 0 amide bonds. The quantitative estimate of drug-likeness (QED) is 0.619. The van der Waals surface area contributed by atoms with E-state index in [1.807, 2.05) is 0 Å². The number of rotatable bonds is 4. The highest BCUT2D eigenvalue weighted by molar-refractivity contribution is 5.20. The van der Waals surface area contributed by atoms with Gasteiger partial charge in [0, 0.05) is 18.7 Å². The Morgan fingerprint density at radius 3 is 2.36 bits per heavy atom. The van der Waals surface area contributed by atoms with Crippen LogP contribution in [0.1, 0.15) is 11.4 Å². The zero-order chi connectivity index (χ0) is 18.1. The van der Waals surface area contributed by atoms with Crippen molar-refractivity contribution in [2.24, 2.45) is 7.05 Å². The number of nitrogens with zero attached hydrogens (tertiary/aromatic N) is 6. The van der Waals surface area contributed by atoms with E-state index in [1.54, 1.807) is 7.05 Å². The molecule has 0 N–H and O–H groups in total. The lowest BCUT2D eigenvalue weighted by atomic mass is 10.2. The largest absolute Gasteiger partial charge is 0.353 e. The molecule has 0 saturated heterocycles. The first-order chi connectivity index (χ1) is 11.8. The number of halogens is 3. The van der Waals surface area contributed by atoms with E-state index < -0.39 is 35.4 Å². The van der Waals surface area contributed by atoms with Gasteiger partial charge in [0.1, 0.15) is 18.5 Å². The Labute approximate surface area is 137 Å². The summed E-state index contributed by atoms with van der Waals surface area (Å²) in [7, 11) is 1.62. The summed E-state index contributed by atoms with van der Waals surface area (Å²) in [5.41, 5.74) is -1.90. The van der Waals surface area contributed by atoms with Crippen LogP contribution in [0.4, 0.5) is 13.2 Å². The topological polar surface area (TPSA) is 87.6 Å². The lowest BCUT2D eigenvalue weighted by Crippen LogP contribution is -2.41. The van der Waals surface area contributed by atoms with Crippen molar-refractivity contribution in [3.05, 3.63) is 74.6 Å². The molecule has 0 saturated carbocycles. The number of hydrogen-bond donors (Lipinski definition) is 0. The van der Waals surface area contributed by atoms with Crippen molar-refractivity contribution < 1.29 is 13.2 Å². The number of benzene rings is 1. The van der Waals surface area contributed by atoms with Gasteiger partial charge in [-0.1, -0.05) is 0 Å². The highest BCUT2D eigenvalue weighted by Crippen LogP contribution is 2.14. The first-order valence-corrected chi connectivity index (χ1v) is 6.99. The van der Waals surface area contributed by atoms with Gasteiger partial charge in [-0.2, -0.15) is 10.1 Å². The highest BCUT2D eigenvalue weighted by Gasteiger charge is 2.14. The molecule has 0 spiro atoms. The number of hydrogen-bond acceptors (Lipinski definition) is 5. The van der Waals surface area contributed by atoms with Crippen LogP contribution in [0.5, 0.6) is 0 Å². The van der Waals surface area contributed by atoms with Crippen LogP contribution in [0.15, 0.2) is 34.4 Å². The van der Waals surface area contributed by atoms with E-state index in [2.05, 4.69) is 15.1 Å². The van der Waals surface area contributed by atoms with E-state index in [-0.39, 0.29) is 17.9 Å². The van der Waals surface area contributed by atoms with E-state index >= 15 is 0 Å². The summed E-state index contributed by atoms with van der Waals surface area (Å²) in [4.78, 5) is 31.6. The molecule has 3 rings (SSSR count). The van der Waals surface area contributed by atoms with Crippen LogP contribution >= 0.6 is 0 Å². The third-order valence-electron chi connectivity index (χ3n) is 3.39. The van der Waals surface area contributed by atoms with Crippen molar-refractivity contribution in [2.45, 2.75) is 13.1 Å². The third-order valence-corrected chi connectivity index (χ3v) is 3.39. The van der Waals surface area contributed by atoms with Crippen molar-refractivity contribution in [1.82, 2.24) is 28.9 Å². The van der Waals surface area contributed by atoms with Crippen LogP contribution in [-0.4, -0.2) is 28.9 Å². The predicted molar refractivity (Wildman–Crippen MR) is 78.3 cm³/mol. The molecule has 2 aromatic heterocycles. The van der Waals surface area contributed by atoms with Crippen molar-refractivity contribution in [3.63, 3.8) is 0 Å². The lowest BCUT2D eigenvalue weighted by molar-refractivity contribution is 0.484. The highest BCUT2D eigenvalue weighted by atomic mass is 19.2. The zero-order valence-electron chi connectivity index (χ0n) is 12.9. The van der Waals surface area contributed by atoms with E-state index in [0.29, 0.717) is 12.1 Å². The third kappa shape index (κ3) is 3.34. The van der Waals surface area contributed by atoms with Crippen molar-refractivity contribution in [2.75, 3.05) is 0 Å². The Balaban J connectivity index is 1.98. The molecule has 0 aliphatic carbocycles. The number of aryl methyl sites for hydroxylation is 1. The molecular formula is C14H11F3N6O2. The van der Waals surface area contributed by atoms with E-state index in [0.717, 1.165) is 15.5 Å². The average Bonchev–Trinajstić information content (AvgIpc) is 2.97. The molecular weight excluding hydrogens is 341 g/mol. The Morgan fingerprint density at radius 1 is 0.960 bits per heavy atom. The minimum atomic E-state index is -1.34. The molecule has 1 aromatic carbocycles. The second-order valence-electron chi connectivity index (χ2n) is 5.22. The monoisotopic (exact) mass is 352 g/mol. The zero-order valence-corrected chi connectivity index (χ0v) is 12.9. The smallest absolute Gasteiger partial charge is 0.279 e. The van der Waals surface area contributed by atoms with Gasteiger partial charge in [-0.25, -0.2) is 32.3 Å². The second-order valence-corrected chi connectivity index (χ2v) is 5.22. The van der Waals surface area contributed by atoms with Crippen molar-refractivity contribution in [3.8, 4) is 0 Å². The summed E-state index contributed by atoms with van der Waals surface area (Å²) in [5.74, 6) is -3.39. The molecule has 0 aliphatic rings. The summed E-state index contributed by atoms with van der Waals surface area (Å²) in [6.07, 6.45) is 2.31. The minimum Gasteiger partial charge on any atom is -0.279 e. The maximum absolute atomic E-state index is 13.7. The van der Waals surface area contributed by atoms with Crippen LogP contribution in [-0.2, 0) is 20.1 Å². The SMILES string of the molecule is Cn1cnc(Cn2c(=O)ncn(Cc3cc(F)c(F)cc3F)c2=O)n1. The molecule has 0 fully saturated rings. The van der Waals surface area contributed by atoms with Gasteiger partial charge in [0.05, 0.1) is 13.1 Å². The lowest BCUT2D eigenvalue weighted by Gasteiger charge is -2.09. The first-order valence-electron chi connectivity index (χ1n) is 6.99. The Hall–Kier alpha value is -3.24. The maximum Gasteiger partial charge on any atom is 0.353 e. The maximum atomic E-state index is 13.7. The van der Waals surface area contributed by atoms with Gasteiger partial charge < -0.3 is 0 Å². The van der Waals surface area contributed by atoms with E-state index in [1.165, 1.54) is 11.0 Å². The standard InChI is InChI=1S/C14H11F3N6O2/c1-21-6-18-12(20-21)5-23-13(24)19-7-22(14(23)25)4-8-2-10(16)11(17)3-9(8)15/h2-3,6-7H,4-5H2,1H3. The fourth-order valence-corrected chi connectivity index (χ4v) is 2.18. The van der Waals surface area contributed by atoms with Gasteiger partial charge in [0.2, 0.25) is 0 Å². The van der Waals surface area contributed by atoms with Gasteiger partial charge in [0.15, 0.2) is 17.5 Å². The molecule has 8 nitrogen and oxygen atoms in total. The second kappa shape index (κ2) is 6.34. The van der Waals surface area contributed by atoms with Gasteiger partial charge >= 0.3 is 11.4 Å². The Kier molecular flexibility index (Phi) is 4.21. The molecule has 0 aliphatic heterocycles. The fourth-order valence-electron chi connectivity index (χ4n) is 2.18. The normalized spacial score (nSPS) is 11.0. The number of aromatic nitrogens is 6. The van der Waals surface area contributed by atoms with Crippen molar-refractivity contribution >= 4 is 0 Å². The average molecular weight is 352 g/mol. The minimum absolute atomic E-state index is 0.209. The van der Waals surface area contributed by atoms with E-state index in [4.69, 9.17) is 0 Å². The fraction of sp³-hybridized carbons (Fsp3) is 0.214. The first kappa shape index (κ1) is 16.6. The summed E-state index contributed by atoms with van der Waals surface area (Å²) in [6.45, 7) is -0.655. The van der Waals surface area contributed by atoms with Crippen LogP contribution in [0.3, 0.4) is 0 Å². The van der Waals surface area contributed by atoms with Crippen LogP contribution in [0, 0.1) is 17.5 Å². The van der Waals surface area contributed by atoms with Gasteiger partial charge in [-0.15, -0.1) is 0 Å². The predicted octanol–water partition coefficient (Wildman–Crippen LogP) is 0.0474. The van der Waals surface area contributed by atoms with Crippen molar-refractivity contribution in [1.29, 1.82) is 0 Å². The van der Waals surface area contributed by atoms with Crippen LogP contribution in [0.25, 0.3) is 0 Å². The molecule has 0 bridgehead atoms. The summed E-state index contributed by atoms with van der Waals surface area (Å²) >= 11 is 0. The Bertz CT molecular complexity index is 1060. The molecule has 130 valence electrons. The van der Waals surface area contributed by atoms with Gasteiger partial charge in [-0.05, 0) is 6.07 Å². The Morgan fingerprint density at radius 2 is 1.68 bits per heavy atom. The van der Waals surface area contributed by atoms with Crippen LogP contribution < -0.4 is 11.4 Å². The molecule has 0 unspecified atom stereocenters. The summed E-state index contributed by atoms with van der Waals surface area (Å²) in [6, 6.07) is 1.03. The molecule has 0 atom stereocenters. The molecule has 11 heteroatoms. The van der Waals surface area contributed by atoms with Crippen LogP contribution in [0.2, 0.25) is 0 Å². The van der Waals surface area contributed by atoms with Gasteiger partial charge in [-0.3, -0.25) is 9.25 Å². The summed E-state index contributed by atoms with van der Waals surface area (Å²) in [5, 5.41) is 3.96.